The zero-order valence-electron chi connectivity index (χ0n) is 10.8. The van der Waals surface area contributed by atoms with Crippen molar-refractivity contribution in [1.29, 1.82) is 0 Å². The smallest absolute Gasteiger partial charge is 0.341 e. The van der Waals surface area contributed by atoms with Crippen molar-refractivity contribution in [2.75, 3.05) is 13.1 Å². The first kappa shape index (κ1) is 14.8. The van der Waals surface area contributed by atoms with Crippen LogP contribution in [-0.4, -0.2) is 45.1 Å². The van der Waals surface area contributed by atoms with Gasteiger partial charge in [-0.2, -0.15) is 13.2 Å². The number of carbonyl (C=O) groups excluding carboxylic acids is 1. The van der Waals surface area contributed by atoms with Crippen molar-refractivity contribution < 1.29 is 18.0 Å². The predicted molar refractivity (Wildman–Crippen MR) is 63.3 cm³/mol. The normalized spacial score (nSPS) is 17.5. The first-order valence-electron chi connectivity index (χ1n) is 6.33. The van der Waals surface area contributed by atoms with Crippen molar-refractivity contribution in [2.45, 2.75) is 32.1 Å². The van der Waals surface area contributed by atoms with Crippen molar-refractivity contribution in [1.82, 2.24) is 19.9 Å². The Labute approximate surface area is 113 Å². The molecule has 6 nitrogen and oxygen atoms in total. The van der Waals surface area contributed by atoms with Gasteiger partial charge in [-0.15, -0.1) is 5.10 Å². The predicted octanol–water partition coefficient (Wildman–Crippen LogP) is 0.538. The summed E-state index contributed by atoms with van der Waals surface area (Å²) in [6.07, 6.45) is -2.70. The minimum absolute atomic E-state index is 0.0241. The largest absolute Gasteiger partial charge is 0.391 e. The molecule has 1 fully saturated rings. The number of halogens is 3. The van der Waals surface area contributed by atoms with E-state index in [9.17, 15) is 18.0 Å². The maximum absolute atomic E-state index is 12.5. The molecule has 0 spiro atoms. The molecule has 0 aromatic carbocycles. The Morgan fingerprint density at radius 3 is 2.55 bits per heavy atom. The number of likely N-dealkylation sites (tertiary alicyclic amines) is 1. The summed E-state index contributed by atoms with van der Waals surface area (Å²) in [6.45, 7) is 0.456. The Morgan fingerprint density at radius 1 is 1.40 bits per heavy atom. The van der Waals surface area contributed by atoms with Crippen molar-refractivity contribution in [2.24, 2.45) is 11.7 Å². The summed E-state index contributed by atoms with van der Waals surface area (Å²) in [6, 6.07) is 0. The van der Waals surface area contributed by atoms with E-state index in [4.69, 9.17) is 5.73 Å². The number of rotatable bonds is 3. The summed E-state index contributed by atoms with van der Waals surface area (Å²) in [5.74, 6) is -1.55. The van der Waals surface area contributed by atoms with E-state index in [1.165, 1.54) is 9.58 Å². The monoisotopic (exact) mass is 291 g/mol. The van der Waals surface area contributed by atoms with Crippen LogP contribution in [0.15, 0.2) is 6.20 Å². The molecular weight excluding hydrogens is 275 g/mol. The number of nitrogens with zero attached hydrogens (tertiary/aromatic N) is 4. The van der Waals surface area contributed by atoms with Crippen LogP contribution < -0.4 is 5.73 Å². The molecule has 20 heavy (non-hydrogen) atoms. The average molecular weight is 291 g/mol. The van der Waals surface area contributed by atoms with Crippen LogP contribution in [0.25, 0.3) is 0 Å². The molecule has 1 aromatic heterocycles. The van der Waals surface area contributed by atoms with Crippen molar-refractivity contribution in [3.63, 3.8) is 0 Å². The Balaban J connectivity index is 1.86. The molecule has 0 aliphatic carbocycles. The Bertz CT molecular complexity index is 465. The standard InChI is InChI=1S/C11H16F3N5O/c12-11(13,14)8-1-3-18(4-2-8)10(20)7-19-6-9(5-15)16-17-19/h6,8H,1-5,7,15H2. The van der Waals surface area contributed by atoms with E-state index in [1.54, 1.807) is 6.20 Å². The highest BCUT2D eigenvalue weighted by molar-refractivity contribution is 5.75. The van der Waals surface area contributed by atoms with E-state index >= 15 is 0 Å². The molecule has 2 rings (SSSR count). The highest BCUT2D eigenvalue weighted by Gasteiger charge is 2.41. The Kier molecular flexibility index (Phi) is 4.26. The molecule has 0 bridgehead atoms. The highest BCUT2D eigenvalue weighted by atomic mass is 19.4. The van der Waals surface area contributed by atoms with Gasteiger partial charge < -0.3 is 10.6 Å². The van der Waals surface area contributed by atoms with Gasteiger partial charge in [0.2, 0.25) is 5.91 Å². The van der Waals surface area contributed by atoms with Gasteiger partial charge in [0.25, 0.3) is 0 Å². The van der Waals surface area contributed by atoms with Crippen LogP contribution in [0.1, 0.15) is 18.5 Å². The molecule has 112 valence electrons. The minimum atomic E-state index is -4.17. The van der Waals surface area contributed by atoms with E-state index in [0.29, 0.717) is 5.69 Å². The third kappa shape index (κ3) is 3.47. The lowest BCUT2D eigenvalue weighted by atomic mass is 9.96. The lowest BCUT2D eigenvalue weighted by Gasteiger charge is -2.32. The van der Waals surface area contributed by atoms with E-state index in [-0.39, 0.29) is 44.9 Å². The van der Waals surface area contributed by atoms with Gasteiger partial charge in [0, 0.05) is 19.6 Å². The molecule has 1 aliphatic heterocycles. The van der Waals surface area contributed by atoms with Gasteiger partial charge in [0.1, 0.15) is 6.54 Å². The quantitative estimate of drug-likeness (QED) is 0.881. The van der Waals surface area contributed by atoms with Gasteiger partial charge in [0.05, 0.1) is 17.8 Å². The Hall–Kier alpha value is -1.64. The number of nitrogens with two attached hydrogens (primary N) is 1. The average Bonchev–Trinajstić information content (AvgIpc) is 2.85. The van der Waals surface area contributed by atoms with E-state index in [0.717, 1.165) is 0 Å². The zero-order chi connectivity index (χ0) is 14.8. The maximum Gasteiger partial charge on any atom is 0.391 e. The van der Waals surface area contributed by atoms with Crippen LogP contribution in [0.5, 0.6) is 0 Å². The lowest BCUT2D eigenvalue weighted by molar-refractivity contribution is -0.186. The van der Waals surface area contributed by atoms with E-state index in [1.807, 2.05) is 0 Å². The fraction of sp³-hybridized carbons (Fsp3) is 0.727. The molecule has 1 saturated heterocycles. The zero-order valence-corrected chi connectivity index (χ0v) is 10.8. The fourth-order valence-corrected chi connectivity index (χ4v) is 2.20. The molecule has 1 aliphatic rings. The second-order valence-corrected chi connectivity index (χ2v) is 4.81. The third-order valence-corrected chi connectivity index (χ3v) is 3.40. The number of hydrogen-bond donors (Lipinski definition) is 1. The lowest BCUT2D eigenvalue weighted by Crippen LogP contribution is -2.43. The molecular formula is C11H16F3N5O. The summed E-state index contributed by atoms with van der Waals surface area (Å²) in [7, 11) is 0. The van der Waals surface area contributed by atoms with E-state index < -0.39 is 12.1 Å². The van der Waals surface area contributed by atoms with E-state index in [2.05, 4.69) is 10.3 Å². The number of aromatic nitrogens is 3. The molecule has 0 radical (unpaired) electrons. The number of piperidine rings is 1. The third-order valence-electron chi connectivity index (χ3n) is 3.40. The second kappa shape index (κ2) is 5.78. The summed E-state index contributed by atoms with van der Waals surface area (Å²) < 4.78 is 38.9. The van der Waals surface area contributed by atoms with Crippen LogP contribution in [0.2, 0.25) is 0 Å². The first-order valence-corrected chi connectivity index (χ1v) is 6.33. The molecule has 2 N–H and O–H groups in total. The van der Waals surface area contributed by atoms with Gasteiger partial charge in [-0.05, 0) is 12.8 Å². The number of hydrogen-bond acceptors (Lipinski definition) is 4. The molecule has 0 unspecified atom stereocenters. The number of amides is 1. The first-order chi connectivity index (χ1) is 9.40. The molecule has 9 heteroatoms. The second-order valence-electron chi connectivity index (χ2n) is 4.81. The molecule has 0 saturated carbocycles. The molecule has 0 atom stereocenters. The van der Waals surface area contributed by atoms with Crippen LogP contribution >= 0.6 is 0 Å². The van der Waals surface area contributed by atoms with Gasteiger partial charge >= 0.3 is 6.18 Å². The van der Waals surface area contributed by atoms with Crippen LogP contribution in [0, 0.1) is 5.92 Å². The SMILES string of the molecule is NCc1cn(CC(=O)N2CCC(C(F)(F)F)CC2)nn1. The summed E-state index contributed by atoms with van der Waals surface area (Å²) >= 11 is 0. The minimum Gasteiger partial charge on any atom is -0.341 e. The molecule has 1 amide bonds. The number of carbonyl (C=O) groups is 1. The van der Waals surface area contributed by atoms with Gasteiger partial charge in [-0.1, -0.05) is 5.21 Å². The van der Waals surface area contributed by atoms with Crippen LogP contribution in [0.3, 0.4) is 0 Å². The van der Waals surface area contributed by atoms with Gasteiger partial charge in [-0.3, -0.25) is 4.79 Å². The van der Waals surface area contributed by atoms with Gasteiger partial charge in [0.15, 0.2) is 0 Å². The van der Waals surface area contributed by atoms with Gasteiger partial charge in [-0.25, -0.2) is 4.68 Å². The summed E-state index contributed by atoms with van der Waals surface area (Å²) in [5.41, 5.74) is 5.94. The fourth-order valence-electron chi connectivity index (χ4n) is 2.20. The molecule has 1 aromatic rings. The summed E-state index contributed by atoms with van der Waals surface area (Å²) in [5, 5.41) is 7.48. The van der Waals surface area contributed by atoms with Crippen molar-refractivity contribution in [3.8, 4) is 0 Å². The summed E-state index contributed by atoms with van der Waals surface area (Å²) in [4.78, 5) is 13.4. The molecule has 2 heterocycles. The topological polar surface area (TPSA) is 77.0 Å². The van der Waals surface area contributed by atoms with Crippen LogP contribution in [-0.2, 0) is 17.9 Å². The van der Waals surface area contributed by atoms with Crippen molar-refractivity contribution >= 4 is 5.91 Å². The Morgan fingerprint density at radius 2 is 2.05 bits per heavy atom. The number of alkyl halides is 3. The van der Waals surface area contributed by atoms with Crippen molar-refractivity contribution in [3.05, 3.63) is 11.9 Å². The highest BCUT2D eigenvalue weighted by Crippen LogP contribution is 2.34. The maximum atomic E-state index is 12.5. The van der Waals surface area contributed by atoms with Crippen LogP contribution in [0.4, 0.5) is 13.2 Å².